The number of piperidine rings is 1. The van der Waals surface area contributed by atoms with Crippen molar-refractivity contribution in [2.75, 3.05) is 28.6 Å². The SMILES string of the molecule is CC1CCN(c2ccc(NC(=O)Nc3cccc(Br)c3)cc2C(=O)NCc2ccccc2)CC1. The Hall–Kier alpha value is -3.32. The van der Waals surface area contributed by atoms with E-state index >= 15 is 0 Å². The third kappa shape index (κ3) is 6.38. The van der Waals surface area contributed by atoms with Gasteiger partial charge in [-0.25, -0.2) is 4.79 Å². The highest BCUT2D eigenvalue weighted by molar-refractivity contribution is 9.10. The molecule has 3 aromatic carbocycles. The van der Waals surface area contributed by atoms with Gasteiger partial charge in [-0.2, -0.15) is 0 Å². The van der Waals surface area contributed by atoms with Crippen molar-refractivity contribution < 1.29 is 9.59 Å². The number of nitrogens with zero attached hydrogens (tertiary/aromatic N) is 1. The lowest BCUT2D eigenvalue weighted by atomic mass is 9.97. The fourth-order valence-corrected chi connectivity index (χ4v) is 4.45. The van der Waals surface area contributed by atoms with E-state index in [1.807, 2.05) is 66.7 Å². The maximum absolute atomic E-state index is 13.2. The van der Waals surface area contributed by atoms with E-state index in [2.05, 4.69) is 43.7 Å². The molecule has 6 nitrogen and oxygen atoms in total. The third-order valence-electron chi connectivity index (χ3n) is 6.00. The van der Waals surface area contributed by atoms with Crippen molar-refractivity contribution in [3.8, 4) is 0 Å². The Labute approximate surface area is 208 Å². The normalized spacial score (nSPS) is 13.9. The van der Waals surface area contributed by atoms with Crippen LogP contribution in [-0.4, -0.2) is 25.0 Å². The molecule has 1 aliphatic rings. The Morgan fingerprint density at radius 3 is 2.32 bits per heavy atom. The van der Waals surface area contributed by atoms with E-state index in [1.165, 1.54) is 0 Å². The molecule has 1 saturated heterocycles. The maximum atomic E-state index is 13.2. The predicted octanol–water partition coefficient (Wildman–Crippen LogP) is 6.26. The quantitative estimate of drug-likeness (QED) is 0.359. The zero-order chi connectivity index (χ0) is 23.9. The molecule has 0 bridgehead atoms. The molecule has 1 fully saturated rings. The number of halogens is 1. The van der Waals surface area contributed by atoms with Gasteiger partial charge in [-0.15, -0.1) is 0 Å². The molecule has 1 heterocycles. The Kier molecular flexibility index (Phi) is 7.85. The Balaban J connectivity index is 1.52. The van der Waals surface area contributed by atoms with Crippen molar-refractivity contribution in [3.05, 3.63) is 88.4 Å². The predicted molar refractivity (Wildman–Crippen MR) is 141 cm³/mol. The summed E-state index contributed by atoms with van der Waals surface area (Å²) in [6, 6.07) is 22.4. The van der Waals surface area contributed by atoms with Crippen LogP contribution in [-0.2, 0) is 6.54 Å². The molecular weight excluding hydrogens is 492 g/mol. The van der Waals surface area contributed by atoms with E-state index in [0.717, 1.165) is 41.7 Å². The first-order chi connectivity index (χ1) is 16.5. The van der Waals surface area contributed by atoms with E-state index in [-0.39, 0.29) is 11.9 Å². The molecule has 0 radical (unpaired) electrons. The van der Waals surface area contributed by atoms with Gasteiger partial charge >= 0.3 is 6.03 Å². The van der Waals surface area contributed by atoms with Gasteiger partial charge < -0.3 is 20.9 Å². The van der Waals surface area contributed by atoms with Gasteiger partial charge in [0, 0.05) is 41.2 Å². The lowest BCUT2D eigenvalue weighted by molar-refractivity contribution is 0.0951. The van der Waals surface area contributed by atoms with Gasteiger partial charge in [0.2, 0.25) is 0 Å². The van der Waals surface area contributed by atoms with Gasteiger partial charge in [0.25, 0.3) is 5.91 Å². The number of benzene rings is 3. The molecule has 0 atom stereocenters. The number of hydrogen-bond donors (Lipinski definition) is 3. The van der Waals surface area contributed by atoms with Crippen LogP contribution in [0.4, 0.5) is 21.9 Å². The molecule has 0 aliphatic carbocycles. The molecule has 3 N–H and O–H groups in total. The summed E-state index contributed by atoms with van der Waals surface area (Å²) in [7, 11) is 0. The van der Waals surface area contributed by atoms with Crippen molar-refractivity contribution in [1.29, 1.82) is 0 Å². The minimum Gasteiger partial charge on any atom is -0.371 e. The van der Waals surface area contributed by atoms with E-state index in [0.29, 0.717) is 29.4 Å². The molecule has 34 heavy (non-hydrogen) atoms. The van der Waals surface area contributed by atoms with Crippen molar-refractivity contribution >= 4 is 44.9 Å². The number of hydrogen-bond acceptors (Lipinski definition) is 3. The van der Waals surface area contributed by atoms with Gasteiger partial charge in [-0.05, 0) is 60.7 Å². The summed E-state index contributed by atoms with van der Waals surface area (Å²) in [5.74, 6) is 0.530. The summed E-state index contributed by atoms with van der Waals surface area (Å²) >= 11 is 3.40. The second kappa shape index (κ2) is 11.2. The Morgan fingerprint density at radius 1 is 0.912 bits per heavy atom. The van der Waals surface area contributed by atoms with Crippen molar-refractivity contribution in [1.82, 2.24) is 5.32 Å². The molecule has 7 heteroatoms. The van der Waals surface area contributed by atoms with Crippen molar-refractivity contribution in [2.24, 2.45) is 5.92 Å². The number of urea groups is 1. The van der Waals surface area contributed by atoms with Crippen LogP contribution in [0.15, 0.2) is 77.3 Å². The van der Waals surface area contributed by atoms with Crippen LogP contribution in [0.5, 0.6) is 0 Å². The van der Waals surface area contributed by atoms with E-state index < -0.39 is 0 Å². The summed E-state index contributed by atoms with van der Waals surface area (Å²) in [6.07, 6.45) is 2.19. The third-order valence-corrected chi connectivity index (χ3v) is 6.49. The van der Waals surface area contributed by atoms with Gasteiger partial charge in [0.1, 0.15) is 0 Å². The standard InChI is InChI=1S/C27H29BrN4O2/c1-19-12-14-32(15-13-19)25-11-10-23(31-27(34)30-22-9-5-8-21(28)16-22)17-24(25)26(33)29-18-20-6-3-2-4-7-20/h2-11,16-17,19H,12-15,18H2,1H3,(H,29,33)(H2,30,31,34). The average molecular weight is 521 g/mol. The van der Waals surface area contributed by atoms with Crippen LogP contribution in [0, 0.1) is 5.92 Å². The molecule has 0 spiro atoms. The van der Waals surface area contributed by atoms with Gasteiger partial charge in [0.15, 0.2) is 0 Å². The number of nitrogens with one attached hydrogen (secondary N) is 3. The highest BCUT2D eigenvalue weighted by Gasteiger charge is 2.22. The highest BCUT2D eigenvalue weighted by atomic mass is 79.9. The molecule has 0 aromatic heterocycles. The zero-order valence-corrected chi connectivity index (χ0v) is 20.8. The number of amides is 3. The molecule has 1 aliphatic heterocycles. The molecule has 0 saturated carbocycles. The zero-order valence-electron chi connectivity index (χ0n) is 19.2. The average Bonchev–Trinajstić information content (AvgIpc) is 2.84. The van der Waals surface area contributed by atoms with Crippen LogP contribution >= 0.6 is 15.9 Å². The number of carbonyl (C=O) groups is 2. The molecule has 176 valence electrons. The number of anilines is 3. The molecule has 3 amide bonds. The van der Waals surface area contributed by atoms with Crippen LogP contribution < -0.4 is 20.9 Å². The number of carbonyl (C=O) groups excluding carboxylic acids is 2. The lowest BCUT2D eigenvalue weighted by Gasteiger charge is -2.33. The minimum absolute atomic E-state index is 0.159. The van der Waals surface area contributed by atoms with Crippen molar-refractivity contribution in [3.63, 3.8) is 0 Å². The van der Waals surface area contributed by atoms with Crippen LogP contribution in [0.3, 0.4) is 0 Å². The Morgan fingerprint density at radius 2 is 1.62 bits per heavy atom. The van der Waals surface area contributed by atoms with Crippen LogP contribution in [0.2, 0.25) is 0 Å². The van der Waals surface area contributed by atoms with Gasteiger partial charge in [0.05, 0.1) is 5.56 Å². The van der Waals surface area contributed by atoms with Crippen LogP contribution in [0.25, 0.3) is 0 Å². The number of rotatable bonds is 6. The monoisotopic (exact) mass is 520 g/mol. The Bertz CT molecular complexity index is 1140. The fourth-order valence-electron chi connectivity index (χ4n) is 4.05. The molecular formula is C27H29BrN4O2. The van der Waals surface area contributed by atoms with E-state index in [1.54, 1.807) is 6.07 Å². The second-order valence-corrected chi connectivity index (χ2v) is 9.57. The van der Waals surface area contributed by atoms with Gasteiger partial charge in [-0.1, -0.05) is 59.3 Å². The lowest BCUT2D eigenvalue weighted by Crippen LogP contribution is -2.35. The van der Waals surface area contributed by atoms with Crippen LogP contribution in [0.1, 0.15) is 35.7 Å². The van der Waals surface area contributed by atoms with Gasteiger partial charge in [-0.3, -0.25) is 4.79 Å². The van der Waals surface area contributed by atoms with Crippen molar-refractivity contribution in [2.45, 2.75) is 26.3 Å². The first-order valence-electron chi connectivity index (χ1n) is 11.5. The topological polar surface area (TPSA) is 73.5 Å². The molecule has 3 aromatic rings. The van der Waals surface area contributed by atoms with E-state index in [4.69, 9.17) is 0 Å². The molecule has 4 rings (SSSR count). The summed E-state index contributed by atoms with van der Waals surface area (Å²) in [5, 5.41) is 8.70. The summed E-state index contributed by atoms with van der Waals surface area (Å²) < 4.78 is 0.878. The first-order valence-corrected chi connectivity index (χ1v) is 12.3. The molecule has 0 unspecified atom stereocenters. The summed E-state index contributed by atoms with van der Waals surface area (Å²) in [6.45, 7) is 4.53. The summed E-state index contributed by atoms with van der Waals surface area (Å²) in [5.41, 5.74) is 3.73. The smallest absolute Gasteiger partial charge is 0.323 e. The fraction of sp³-hybridized carbons (Fsp3) is 0.259. The maximum Gasteiger partial charge on any atom is 0.323 e. The van der Waals surface area contributed by atoms with E-state index in [9.17, 15) is 9.59 Å². The largest absolute Gasteiger partial charge is 0.371 e. The first kappa shape index (κ1) is 23.8. The highest BCUT2D eigenvalue weighted by Crippen LogP contribution is 2.29. The minimum atomic E-state index is -0.367. The second-order valence-electron chi connectivity index (χ2n) is 8.66. The summed E-state index contributed by atoms with van der Waals surface area (Å²) in [4.78, 5) is 28.1.